The Morgan fingerprint density at radius 3 is 2.94 bits per heavy atom. The van der Waals surface area contributed by atoms with E-state index in [9.17, 15) is 9.50 Å². The summed E-state index contributed by atoms with van der Waals surface area (Å²) in [5.41, 5.74) is 2.26. The van der Waals surface area contributed by atoms with E-state index in [1.54, 1.807) is 24.3 Å². The first-order chi connectivity index (χ1) is 16.5. The van der Waals surface area contributed by atoms with Gasteiger partial charge in [0.15, 0.2) is 5.82 Å². The zero-order valence-corrected chi connectivity index (χ0v) is 19.5. The summed E-state index contributed by atoms with van der Waals surface area (Å²) in [4.78, 5) is 9.61. The van der Waals surface area contributed by atoms with Crippen LogP contribution in [0.25, 0.3) is 10.2 Å². The van der Waals surface area contributed by atoms with Crippen LogP contribution in [0.4, 0.5) is 15.9 Å². The Labute approximate surface area is 204 Å². The molecule has 3 N–H and O–H groups in total. The highest BCUT2D eigenvalue weighted by molar-refractivity contribution is 7.20. The van der Waals surface area contributed by atoms with E-state index in [1.807, 2.05) is 12.1 Å². The van der Waals surface area contributed by atoms with Crippen LogP contribution < -0.4 is 15.4 Å². The topological polar surface area (TPSA) is 79.3 Å². The lowest BCUT2D eigenvalue weighted by Gasteiger charge is -2.11. The van der Waals surface area contributed by atoms with Gasteiger partial charge in [-0.15, -0.1) is 11.3 Å². The molecule has 5 rings (SSSR count). The van der Waals surface area contributed by atoms with Crippen LogP contribution in [0.3, 0.4) is 0 Å². The molecular weight excluding hydrogens is 475 g/mol. The van der Waals surface area contributed by atoms with E-state index in [2.05, 4.69) is 32.4 Å². The number of rotatable bonds is 5. The number of fused-ring (bicyclic) bond motifs is 1. The molecule has 9 heteroatoms. The molecule has 1 saturated heterocycles. The van der Waals surface area contributed by atoms with Crippen molar-refractivity contribution in [2.45, 2.75) is 25.2 Å². The molecule has 0 unspecified atom stereocenters. The third-order valence-corrected chi connectivity index (χ3v) is 6.61. The van der Waals surface area contributed by atoms with Crippen LogP contribution in [0.15, 0.2) is 54.9 Å². The summed E-state index contributed by atoms with van der Waals surface area (Å²) in [6.07, 6.45) is 1.79. The van der Waals surface area contributed by atoms with Gasteiger partial charge in [0.25, 0.3) is 0 Å². The van der Waals surface area contributed by atoms with Gasteiger partial charge in [0.1, 0.15) is 24.5 Å². The summed E-state index contributed by atoms with van der Waals surface area (Å²) in [6, 6.07) is 13.5. The number of hydrogen-bond donors (Lipinski definition) is 3. The van der Waals surface area contributed by atoms with Crippen molar-refractivity contribution in [3.05, 3.63) is 76.1 Å². The lowest BCUT2D eigenvalue weighted by molar-refractivity contribution is 0.195. The Bertz CT molecular complexity index is 1400. The summed E-state index contributed by atoms with van der Waals surface area (Å²) in [7, 11) is 0. The fraction of sp³-hybridized carbons (Fsp3) is 0.200. The standard InChI is InChI=1S/C25H20ClFN4O2S/c26-21-10-18(5-7-23(21)33-13-15-2-1-3-16(27)8-15)31-25-24-22(29-14-30-25)11-20(34-24)6-4-17-9-19(32)12-28-17/h1-3,5,7-8,10-11,14,17,19,28,32H,9,12-13H2,(H,29,30,31)/t17-,19+/m0/s1. The van der Waals surface area contributed by atoms with Crippen molar-refractivity contribution in [1.29, 1.82) is 0 Å². The SMILES string of the molecule is O[C@H]1CN[C@@H](C#Cc2cc3ncnc(Nc4ccc(OCc5cccc(F)c5)c(Cl)c4)c3s2)C1. The summed E-state index contributed by atoms with van der Waals surface area (Å²) in [5, 5.41) is 16.5. The number of ether oxygens (including phenoxy) is 1. The molecule has 0 aliphatic carbocycles. The van der Waals surface area contributed by atoms with Crippen molar-refractivity contribution in [2.75, 3.05) is 11.9 Å². The summed E-state index contributed by atoms with van der Waals surface area (Å²) in [5.74, 6) is 7.19. The lowest BCUT2D eigenvalue weighted by atomic mass is 10.2. The Kier molecular flexibility index (Phi) is 6.61. The molecule has 6 nitrogen and oxygen atoms in total. The average Bonchev–Trinajstić information content (AvgIpc) is 3.43. The van der Waals surface area contributed by atoms with Gasteiger partial charge in [-0.25, -0.2) is 14.4 Å². The van der Waals surface area contributed by atoms with Gasteiger partial charge < -0.3 is 20.5 Å². The first kappa shape index (κ1) is 22.6. The predicted octanol–water partition coefficient (Wildman–Crippen LogP) is 4.88. The highest BCUT2D eigenvalue weighted by Gasteiger charge is 2.19. The number of β-amino-alcohol motifs (C(OH)–C–C–N with tert-alkyl or cyclic N) is 1. The summed E-state index contributed by atoms with van der Waals surface area (Å²) < 4.78 is 20.0. The molecule has 172 valence electrons. The molecule has 0 bridgehead atoms. The molecule has 2 aromatic heterocycles. The first-order valence-corrected chi connectivity index (χ1v) is 11.8. The first-order valence-electron chi connectivity index (χ1n) is 10.6. The molecule has 34 heavy (non-hydrogen) atoms. The van der Waals surface area contributed by atoms with Crippen molar-refractivity contribution < 1.29 is 14.2 Å². The number of aliphatic hydroxyl groups excluding tert-OH is 1. The van der Waals surface area contributed by atoms with Crippen LogP contribution in [0.1, 0.15) is 16.9 Å². The van der Waals surface area contributed by atoms with Gasteiger partial charge in [-0.2, -0.15) is 0 Å². The molecule has 1 aliphatic rings. The minimum atomic E-state index is -0.340. The van der Waals surface area contributed by atoms with Gasteiger partial charge >= 0.3 is 0 Å². The fourth-order valence-corrected chi connectivity index (χ4v) is 4.76. The van der Waals surface area contributed by atoms with Gasteiger partial charge in [-0.05, 0) is 42.0 Å². The van der Waals surface area contributed by atoms with Crippen LogP contribution in [0.5, 0.6) is 5.75 Å². The Morgan fingerprint density at radius 1 is 1.24 bits per heavy atom. The van der Waals surface area contributed by atoms with Crippen LogP contribution in [-0.4, -0.2) is 33.8 Å². The van der Waals surface area contributed by atoms with E-state index < -0.39 is 0 Å². The van der Waals surface area contributed by atoms with Gasteiger partial charge in [0, 0.05) is 18.7 Å². The van der Waals surface area contributed by atoms with Gasteiger partial charge in [-0.3, -0.25) is 0 Å². The van der Waals surface area contributed by atoms with Gasteiger partial charge in [0.05, 0.1) is 32.3 Å². The van der Waals surface area contributed by atoms with Gasteiger partial charge in [-0.1, -0.05) is 35.6 Å². The van der Waals surface area contributed by atoms with E-state index in [4.69, 9.17) is 16.3 Å². The number of halogens is 2. The highest BCUT2D eigenvalue weighted by atomic mass is 35.5. The second kappa shape index (κ2) is 9.95. The second-order valence-corrected chi connectivity index (χ2v) is 9.32. The number of nitrogens with zero attached hydrogens (tertiary/aromatic N) is 2. The van der Waals surface area contributed by atoms with Crippen LogP contribution >= 0.6 is 22.9 Å². The van der Waals surface area contributed by atoms with E-state index in [1.165, 1.54) is 29.8 Å². The Hall–Kier alpha value is -3.22. The molecule has 4 aromatic rings. The van der Waals surface area contributed by atoms with Crippen LogP contribution in [-0.2, 0) is 6.61 Å². The zero-order valence-electron chi connectivity index (χ0n) is 17.9. The molecule has 0 amide bonds. The predicted molar refractivity (Wildman–Crippen MR) is 132 cm³/mol. The largest absolute Gasteiger partial charge is 0.487 e. The molecule has 3 heterocycles. The minimum Gasteiger partial charge on any atom is -0.487 e. The molecule has 1 fully saturated rings. The molecule has 2 aromatic carbocycles. The summed E-state index contributed by atoms with van der Waals surface area (Å²) >= 11 is 7.92. The third kappa shape index (κ3) is 5.29. The van der Waals surface area contributed by atoms with Crippen molar-refractivity contribution in [3.63, 3.8) is 0 Å². The van der Waals surface area contributed by atoms with E-state index in [0.717, 1.165) is 26.3 Å². The maximum Gasteiger partial charge on any atom is 0.151 e. The maximum atomic E-state index is 13.4. The third-order valence-electron chi connectivity index (χ3n) is 5.27. The van der Waals surface area contributed by atoms with Crippen LogP contribution in [0.2, 0.25) is 5.02 Å². The number of benzene rings is 2. The molecular formula is C25H20ClFN4O2S. The molecule has 0 spiro atoms. The number of aromatic nitrogens is 2. The number of nitrogens with one attached hydrogen (secondary N) is 2. The van der Waals surface area contributed by atoms with Gasteiger partial charge in [0.2, 0.25) is 0 Å². The number of anilines is 2. The molecule has 0 saturated carbocycles. The molecule has 0 radical (unpaired) electrons. The van der Waals surface area contributed by atoms with Crippen molar-refractivity contribution in [2.24, 2.45) is 0 Å². The fourth-order valence-electron chi connectivity index (χ4n) is 3.61. The quantitative estimate of drug-likeness (QED) is 0.343. The molecule has 1 aliphatic heterocycles. The number of thiophene rings is 1. The van der Waals surface area contributed by atoms with Crippen molar-refractivity contribution >= 4 is 44.7 Å². The second-order valence-electron chi connectivity index (χ2n) is 7.86. The normalized spacial score (nSPS) is 17.4. The number of aliphatic hydroxyl groups is 1. The van der Waals surface area contributed by atoms with E-state index in [0.29, 0.717) is 29.6 Å². The average molecular weight is 495 g/mol. The monoisotopic (exact) mass is 494 g/mol. The minimum absolute atomic E-state index is 0.00678. The Balaban J connectivity index is 1.30. The smallest absolute Gasteiger partial charge is 0.151 e. The van der Waals surface area contributed by atoms with Crippen molar-refractivity contribution in [1.82, 2.24) is 15.3 Å². The summed E-state index contributed by atoms with van der Waals surface area (Å²) in [6.45, 7) is 0.785. The lowest BCUT2D eigenvalue weighted by Crippen LogP contribution is -2.19. The van der Waals surface area contributed by atoms with Crippen LogP contribution in [0, 0.1) is 17.7 Å². The van der Waals surface area contributed by atoms with E-state index >= 15 is 0 Å². The zero-order chi connectivity index (χ0) is 23.5. The maximum absolute atomic E-state index is 13.4. The highest BCUT2D eigenvalue weighted by Crippen LogP contribution is 2.33. The van der Waals surface area contributed by atoms with E-state index in [-0.39, 0.29) is 24.6 Å². The Morgan fingerprint density at radius 2 is 2.15 bits per heavy atom. The molecule has 2 atom stereocenters. The van der Waals surface area contributed by atoms with Crippen molar-refractivity contribution in [3.8, 4) is 17.6 Å². The number of hydrogen-bond acceptors (Lipinski definition) is 7.